The van der Waals surface area contributed by atoms with Crippen molar-refractivity contribution < 1.29 is 28.4 Å². The van der Waals surface area contributed by atoms with Crippen LogP contribution < -0.4 is 5.73 Å². The average molecular weight is 315 g/mol. The highest BCUT2D eigenvalue weighted by Gasteiger charge is 2.28. The van der Waals surface area contributed by atoms with E-state index in [2.05, 4.69) is 0 Å². The summed E-state index contributed by atoms with van der Waals surface area (Å²) in [4.78, 5) is 0. The van der Waals surface area contributed by atoms with E-state index in [0.717, 1.165) is 0 Å². The largest absolute Gasteiger partial charge is 0.457 e. The lowest BCUT2D eigenvalue weighted by Gasteiger charge is -2.19. The molecular weight excluding hydrogens is 290 g/mol. The van der Waals surface area contributed by atoms with Crippen molar-refractivity contribution in [2.24, 2.45) is 5.73 Å². The fraction of sp³-hybridized carbons (Fsp3) is 0.733. The normalized spacial score (nSPS) is 21.5. The Balaban J connectivity index is 1.53. The summed E-state index contributed by atoms with van der Waals surface area (Å²) in [7, 11) is 0. The van der Waals surface area contributed by atoms with Gasteiger partial charge in [0.1, 0.15) is 25.7 Å². The van der Waals surface area contributed by atoms with Crippen molar-refractivity contribution in [3.63, 3.8) is 0 Å². The molecule has 0 aliphatic carbocycles. The van der Waals surface area contributed by atoms with Gasteiger partial charge in [0, 0.05) is 27.7 Å². The van der Waals surface area contributed by atoms with Crippen LogP contribution in [0, 0.1) is 0 Å². The van der Waals surface area contributed by atoms with Gasteiger partial charge in [0.25, 0.3) is 0 Å². The van der Waals surface area contributed by atoms with Gasteiger partial charge in [-0.1, -0.05) is 0 Å². The predicted octanol–water partition coefficient (Wildman–Crippen LogP) is 1.60. The Hall–Kier alpha value is -1.44. The second kappa shape index (κ2) is 6.76. The van der Waals surface area contributed by atoms with Crippen molar-refractivity contribution in [2.45, 2.75) is 45.3 Å². The molecule has 22 heavy (non-hydrogen) atoms. The second-order valence-corrected chi connectivity index (χ2v) is 6.20. The minimum atomic E-state index is -0.616. The predicted molar refractivity (Wildman–Crippen MR) is 78.3 cm³/mol. The molecule has 126 valence electrons. The van der Waals surface area contributed by atoms with Gasteiger partial charge in [0.2, 0.25) is 11.6 Å². The molecule has 2 aliphatic heterocycles. The van der Waals surface area contributed by atoms with Gasteiger partial charge in [0.15, 0.2) is 11.5 Å². The van der Waals surface area contributed by atoms with E-state index in [9.17, 15) is 0 Å². The van der Waals surface area contributed by atoms with Gasteiger partial charge in [0.05, 0.1) is 19.3 Å². The zero-order chi connectivity index (χ0) is 16.2. The lowest BCUT2D eigenvalue weighted by molar-refractivity contribution is -0.122. The smallest absolute Gasteiger partial charge is 0.244 e. The summed E-state index contributed by atoms with van der Waals surface area (Å²) < 4.78 is 32.6. The molecule has 0 aromatic rings. The molecular formula is C15H25NO6. The Labute approximate surface area is 130 Å². The highest BCUT2D eigenvalue weighted by molar-refractivity contribution is 4.96. The molecule has 0 saturated carbocycles. The first kappa shape index (κ1) is 16.9. The molecule has 0 aromatic heterocycles. The zero-order valence-corrected chi connectivity index (χ0v) is 13.6. The Kier molecular flexibility index (Phi) is 5.20. The van der Waals surface area contributed by atoms with E-state index in [1.807, 2.05) is 27.7 Å². The lowest BCUT2D eigenvalue weighted by Crippen LogP contribution is -2.32. The summed E-state index contributed by atoms with van der Waals surface area (Å²) in [6.07, 6.45) is 3.13. The minimum absolute atomic E-state index is 0.230. The van der Waals surface area contributed by atoms with Crippen LogP contribution in [-0.2, 0) is 28.4 Å². The first-order valence-electron chi connectivity index (χ1n) is 7.29. The van der Waals surface area contributed by atoms with E-state index in [-0.39, 0.29) is 6.04 Å². The van der Waals surface area contributed by atoms with Gasteiger partial charge in [-0.15, -0.1) is 0 Å². The summed E-state index contributed by atoms with van der Waals surface area (Å²) in [5.41, 5.74) is 5.92. The van der Waals surface area contributed by atoms with Crippen LogP contribution in [0.4, 0.5) is 0 Å². The molecule has 0 amide bonds. The quantitative estimate of drug-likeness (QED) is 0.728. The molecule has 2 heterocycles. The molecule has 0 radical (unpaired) electrons. The Bertz CT molecular complexity index is 403. The molecule has 0 aromatic carbocycles. The van der Waals surface area contributed by atoms with E-state index in [0.29, 0.717) is 37.9 Å². The van der Waals surface area contributed by atoms with E-state index >= 15 is 0 Å². The van der Waals surface area contributed by atoms with Crippen molar-refractivity contribution >= 4 is 0 Å². The summed E-state index contributed by atoms with van der Waals surface area (Å²) in [6, 6.07) is -0.230. The molecule has 2 N–H and O–H groups in total. The summed E-state index contributed by atoms with van der Waals surface area (Å²) in [5.74, 6) is 0.0767. The highest BCUT2D eigenvalue weighted by Crippen LogP contribution is 2.25. The molecule has 0 spiro atoms. The average Bonchev–Trinajstić information content (AvgIpc) is 2.92. The van der Waals surface area contributed by atoms with Crippen LogP contribution in [0.5, 0.6) is 0 Å². The van der Waals surface area contributed by atoms with E-state index in [1.54, 1.807) is 12.5 Å². The fourth-order valence-electron chi connectivity index (χ4n) is 1.94. The molecule has 0 bridgehead atoms. The van der Waals surface area contributed by atoms with Crippen LogP contribution in [0.3, 0.4) is 0 Å². The van der Waals surface area contributed by atoms with Crippen LogP contribution in [0.25, 0.3) is 0 Å². The van der Waals surface area contributed by atoms with Gasteiger partial charge in [-0.3, -0.25) is 0 Å². The Morgan fingerprint density at radius 2 is 1.32 bits per heavy atom. The highest BCUT2D eigenvalue weighted by atomic mass is 16.7. The molecule has 0 fully saturated rings. The second-order valence-electron chi connectivity index (χ2n) is 6.20. The molecule has 0 saturated heterocycles. The lowest BCUT2D eigenvalue weighted by atomic mass is 10.3. The summed E-state index contributed by atoms with van der Waals surface area (Å²) in [6.45, 7) is 8.72. The zero-order valence-electron chi connectivity index (χ0n) is 13.6. The third kappa shape index (κ3) is 5.40. The minimum Gasteiger partial charge on any atom is -0.457 e. The maximum atomic E-state index is 5.92. The van der Waals surface area contributed by atoms with E-state index in [1.165, 1.54) is 0 Å². The van der Waals surface area contributed by atoms with Gasteiger partial charge in [-0.25, -0.2) is 0 Å². The van der Waals surface area contributed by atoms with Gasteiger partial charge in [-0.2, -0.15) is 0 Å². The van der Waals surface area contributed by atoms with Crippen molar-refractivity contribution in [2.75, 3.05) is 26.4 Å². The van der Waals surface area contributed by atoms with Crippen LogP contribution in [0.2, 0.25) is 0 Å². The molecule has 7 nitrogen and oxygen atoms in total. The third-order valence-electron chi connectivity index (χ3n) is 2.85. The Morgan fingerprint density at radius 3 is 1.64 bits per heavy atom. The first-order valence-corrected chi connectivity index (χ1v) is 7.29. The number of nitrogens with two attached hydrogens (primary N) is 1. The maximum Gasteiger partial charge on any atom is 0.244 e. The van der Waals surface area contributed by atoms with Crippen molar-refractivity contribution in [1.82, 2.24) is 0 Å². The Morgan fingerprint density at radius 1 is 0.909 bits per heavy atom. The van der Waals surface area contributed by atoms with Gasteiger partial charge >= 0.3 is 0 Å². The molecule has 0 unspecified atom stereocenters. The monoisotopic (exact) mass is 315 g/mol. The van der Waals surface area contributed by atoms with Crippen LogP contribution in [0.1, 0.15) is 27.7 Å². The van der Waals surface area contributed by atoms with Crippen molar-refractivity contribution in [3.8, 4) is 0 Å². The van der Waals surface area contributed by atoms with Gasteiger partial charge in [-0.05, 0) is 0 Å². The molecule has 0 atom stereocenters. The van der Waals surface area contributed by atoms with Crippen LogP contribution in [-0.4, -0.2) is 44.0 Å². The van der Waals surface area contributed by atoms with Crippen molar-refractivity contribution in [1.29, 1.82) is 0 Å². The van der Waals surface area contributed by atoms with E-state index < -0.39 is 11.6 Å². The number of hydrogen-bond acceptors (Lipinski definition) is 7. The third-order valence-corrected chi connectivity index (χ3v) is 2.85. The number of rotatable bonds is 8. The van der Waals surface area contributed by atoms with Crippen LogP contribution >= 0.6 is 0 Å². The molecule has 2 aliphatic rings. The van der Waals surface area contributed by atoms with Crippen LogP contribution in [0.15, 0.2) is 24.0 Å². The maximum absolute atomic E-state index is 5.92. The SMILES string of the molecule is CC1(C)OC=C(COCC(N)COCC2=COC(C)(C)O2)O1. The van der Waals surface area contributed by atoms with Gasteiger partial charge < -0.3 is 34.2 Å². The topological polar surface area (TPSA) is 81.4 Å². The first-order chi connectivity index (χ1) is 10.3. The molecule has 7 heteroatoms. The summed E-state index contributed by atoms with van der Waals surface area (Å²) >= 11 is 0. The van der Waals surface area contributed by atoms with E-state index in [4.69, 9.17) is 34.2 Å². The fourth-order valence-corrected chi connectivity index (χ4v) is 1.94. The summed E-state index contributed by atoms with van der Waals surface area (Å²) in [5, 5.41) is 0. The standard InChI is InChI=1S/C15H25NO6/c1-14(2)19-9-12(21-14)7-17-5-11(16)6-18-8-13-10-20-15(3,4)22-13/h9-11H,5-8,16H2,1-4H3. The van der Waals surface area contributed by atoms with Crippen molar-refractivity contribution in [3.05, 3.63) is 24.0 Å². The number of hydrogen-bond donors (Lipinski definition) is 1. The number of ether oxygens (including phenoxy) is 6. The molecule has 2 rings (SSSR count).